The first-order valence-electron chi connectivity index (χ1n) is 6.77. The third kappa shape index (κ3) is 2.40. The van der Waals surface area contributed by atoms with E-state index in [0.29, 0.717) is 11.9 Å². The van der Waals surface area contributed by atoms with Gasteiger partial charge in [0, 0.05) is 6.54 Å². The summed E-state index contributed by atoms with van der Waals surface area (Å²) in [6.45, 7) is 5.19. The van der Waals surface area contributed by atoms with Gasteiger partial charge in [-0.3, -0.25) is 14.0 Å². The highest BCUT2D eigenvalue weighted by Crippen LogP contribution is 2.21. The van der Waals surface area contributed by atoms with Crippen molar-refractivity contribution in [2.75, 3.05) is 0 Å². The highest BCUT2D eigenvalue weighted by molar-refractivity contribution is 9.10. The van der Waals surface area contributed by atoms with Crippen LogP contribution in [0, 0.1) is 6.92 Å². The van der Waals surface area contributed by atoms with E-state index in [0.717, 1.165) is 27.9 Å². The number of para-hydroxylation sites is 1. The lowest BCUT2D eigenvalue weighted by Crippen LogP contribution is -2.22. The Balaban J connectivity index is 2.11. The van der Waals surface area contributed by atoms with E-state index in [2.05, 4.69) is 26.0 Å². The average molecular weight is 347 g/mol. The Bertz CT molecular complexity index is 866. The van der Waals surface area contributed by atoms with Gasteiger partial charge in [0.2, 0.25) is 0 Å². The van der Waals surface area contributed by atoms with E-state index in [1.165, 1.54) is 0 Å². The van der Waals surface area contributed by atoms with Gasteiger partial charge in [0.25, 0.3) is 5.56 Å². The van der Waals surface area contributed by atoms with Crippen LogP contribution in [0.4, 0.5) is 0 Å². The SMILES string of the molecule is CCn1nc(C)c(Br)c1Cn1cnc2ccccc2c1=O. The molecule has 108 valence electrons. The lowest BCUT2D eigenvalue weighted by molar-refractivity contribution is 0.589. The molecule has 0 spiro atoms. The van der Waals surface area contributed by atoms with Crippen LogP contribution in [-0.2, 0) is 13.1 Å². The topological polar surface area (TPSA) is 52.7 Å². The summed E-state index contributed by atoms with van der Waals surface area (Å²) in [5.41, 5.74) is 2.59. The number of fused-ring (bicyclic) bond motifs is 1. The summed E-state index contributed by atoms with van der Waals surface area (Å²) < 4.78 is 4.47. The van der Waals surface area contributed by atoms with Gasteiger partial charge >= 0.3 is 0 Å². The summed E-state index contributed by atoms with van der Waals surface area (Å²) in [5, 5.41) is 5.09. The van der Waals surface area contributed by atoms with Crippen LogP contribution in [0.2, 0.25) is 0 Å². The monoisotopic (exact) mass is 346 g/mol. The average Bonchev–Trinajstić information content (AvgIpc) is 2.78. The molecule has 0 bridgehead atoms. The molecule has 6 heteroatoms. The van der Waals surface area contributed by atoms with Crippen LogP contribution >= 0.6 is 15.9 Å². The number of aryl methyl sites for hydroxylation is 2. The largest absolute Gasteiger partial charge is 0.293 e. The fourth-order valence-electron chi connectivity index (χ4n) is 2.40. The van der Waals surface area contributed by atoms with E-state index in [1.54, 1.807) is 17.0 Å². The smallest absolute Gasteiger partial charge is 0.261 e. The summed E-state index contributed by atoms with van der Waals surface area (Å²) in [4.78, 5) is 16.9. The summed E-state index contributed by atoms with van der Waals surface area (Å²) in [6, 6.07) is 7.38. The Labute approximate surface area is 130 Å². The fraction of sp³-hybridized carbons (Fsp3) is 0.267. The molecular formula is C15H15BrN4O. The summed E-state index contributed by atoms with van der Waals surface area (Å²) >= 11 is 3.55. The molecule has 0 aliphatic heterocycles. The van der Waals surface area contributed by atoms with Crippen molar-refractivity contribution in [3.63, 3.8) is 0 Å². The molecule has 5 nitrogen and oxygen atoms in total. The molecule has 3 rings (SSSR count). The molecule has 0 aliphatic rings. The molecule has 0 unspecified atom stereocenters. The van der Waals surface area contributed by atoms with E-state index >= 15 is 0 Å². The number of aromatic nitrogens is 4. The summed E-state index contributed by atoms with van der Waals surface area (Å²) in [6.07, 6.45) is 1.60. The maximum atomic E-state index is 12.5. The first kappa shape index (κ1) is 14.0. The van der Waals surface area contributed by atoms with Crippen molar-refractivity contribution < 1.29 is 0 Å². The van der Waals surface area contributed by atoms with Crippen LogP contribution in [0.3, 0.4) is 0 Å². The minimum atomic E-state index is -0.0333. The second-order valence-corrected chi connectivity index (χ2v) is 5.65. The van der Waals surface area contributed by atoms with E-state index in [4.69, 9.17) is 0 Å². The molecule has 0 atom stereocenters. The molecule has 0 saturated heterocycles. The molecule has 3 aromatic rings. The normalized spacial score (nSPS) is 11.2. The standard InChI is InChI=1S/C15H15BrN4O/c1-3-20-13(14(16)10(2)18-20)8-19-9-17-12-7-5-4-6-11(12)15(19)21/h4-7,9H,3,8H2,1-2H3. The molecule has 0 saturated carbocycles. The van der Waals surface area contributed by atoms with E-state index in [9.17, 15) is 4.79 Å². The van der Waals surface area contributed by atoms with Gasteiger partial charge in [-0.2, -0.15) is 5.10 Å². The number of hydrogen-bond acceptors (Lipinski definition) is 3. The Kier molecular flexibility index (Phi) is 3.63. The van der Waals surface area contributed by atoms with E-state index in [1.807, 2.05) is 36.7 Å². The van der Waals surface area contributed by atoms with E-state index in [-0.39, 0.29) is 5.56 Å². The number of rotatable bonds is 3. The number of halogens is 1. The minimum Gasteiger partial charge on any atom is -0.293 e. The zero-order chi connectivity index (χ0) is 15.0. The zero-order valence-electron chi connectivity index (χ0n) is 11.9. The van der Waals surface area contributed by atoms with Gasteiger partial charge in [0.15, 0.2) is 0 Å². The Hall–Kier alpha value is -1.95. The molecule has 1 aromatic carbocycles. The first-order chi connectivity index (χ1) is 10.1. The van der Waals surface area contributed by atoms with Crippen molar-refractivity contribution in [1.82, 2.24) is 19.3 Å². The first-order valence-corrected chi connectivity index (χ1v) is 7.57. The second-order valence-electron chi connectivity index (χ2n) is 4.86. The maximum Gasteiger partial charge on any atom is 0.261 e. The molecule has 21 heavy (non-hydrogen) atoms. The lowest BCUT2D eigenvalue weighted by atomic mass is 10.2. The van der Waals surface area contributed by atoms with Crippen molar-refractivity contribution in [3.05, 3.63) is 56.8 Å². The summed E-state index contributed by atoms with van der Waals surface area (Å²) in [5.74, 6) is 0. The predicted molar refractivity (Wildman–Crippen MR) is 85.4 cm³/mol. The Morgan fingerprint density at radius 1 is 1.29 bits per heavy atom. The number of benzene rings is 1. The lowest BCUT2D eigenvalue weighted by Gasteiger charge is -2.09. The van der Waals surface area contributed by atoms with Crippen molar-refractivity contribution in [2.45, 2.75) is 26.9 Å². The molecule has 2 heterocycles. The van der Waals surface area contributed by atoms with Gasteiger partial charge in [0.1, 0.15) is 0 Å². The van der Waals surface area contributed by atoms with Gasteiger partial charge in [0.05, 0.1) is 39.6 Å². The Morgan fingerprint density at radius 2 is 2.05 bits per heavy atom. The van der Waals surface area contributed by atoms with Crippen LogP contribution in [0.1, 0.15) is 18.3 Å². The minimum absolute atomic E-state index is 0.0333. The Morgan fingerprint density at radius 3 is 2.81 bits per heavy atom. The highest BCUT2D eigenvalue weighted by Gasteiger charge is 2.14. The second kappa shape index (κ2) is 5.44. The van der Waals surface area contributed by atoms with Gasteiger partial charge < -0.3 is 0 Å². The quantitative estimate of drug-likeness (QED) is 0.732. The van der Waals surface area contributed by atoms with Crippen LogP contribution in [0.25, 0.3) is 10.9 Å². The molecular weight excluding hydrogens is 332 g/mol. The van der Waals surface area contributed by atoms with Crippen LogP contribution in [0.15, 0.2) is 39.9 Å². The van der Waals surface area contributed by atoms with Crippen LogP contribution in [0.5, 0.6) is 0 Å². The van der Waals surface area contributed by atoms with Crippen LogP contribution in [-0.4, -0.2) is 19.3 Å². The molecule has 0 fully saturated rings. The molecule has 2 aromatic heterocycles. The number of nitrogens with zero attached hydrogens (tertiary/aromatic N) is 4. The highest BCUT2D eigenvalue weighted by atomic mass is 79.9. The van der Waals surface area contributed by atoms with Gasteiger partial charge in [-0.1, -0.05) is 12.1 Å². The van der Waals surface area contributed by atoms with Gasteiger partial charge in [-0.05, 0) is 41.9 Å². The third-order valence-electron chi connectivity index (χ3n) is 3.50. The van der Waals surface area contributed by atoms with Crippen molar-refractivity contribution >= 4 is 26.8 Å². The molecule has 0 aliphatic carbocycles. The number of hydrogen-bond donors (Lipinski definition) is 0. The van der Waals surface area contributed by atoms with E-state index < -0.39 is 0 Å². The molecule has 0 radical (unpaired) electrons. The predicted octanol–water partition coefficient (Wildman–Crippen LogP) is 2.73. The molecule has 0 N–H and O–H groups in total. The summed E-state index contributed by atoms with van der Waals surface area (Å²) in [7, 11) is 0. The van der Waals surface area contributed by atoms with Crippen molar-refractivity contribution in [1.29, 1.82) is 0 Å². The fourth-order valence-corrected chi connectivity index (χ4v) is 2.81. The van der Waals surface area contributed by atoms with Gasteiger partial charge in [-0.15, -0.1) is 0 Å². The van der Waals surface area contributed by atoms with Gasteiger partial charge in [-0.25, -0.2) is 4.98 Å². The third-order valence-corrected chi connectivity index (χ3v) is 4.54. The van der Waals surface area contributed by atoms with Crippen molar-refractivity contribution in [3.8, 4) is 0 Å². The maximum absolute atomic E-state index is 12.5. The van der Waals surface area contributed by atoms with Crippen molar-refractivity contribution in [2.24, 2.45) is 0 Å². The zero-order valence-corrected chi connectivity index (χ0v) is 13.5. The molecule has 0 amide bonds. The van der Waals surface area contributed by atoms with Crippen LogP contribution < -0.4 is 5.56 Å².